The van der Waals surface area contributed by atoms with Crippen LogP contribution < -0.4 is 14.2 Å². The number of benzene rings is 3. The molecule has 1 aromatic heterocycles. The Morgan fingerprint density at radius 2 is 1.68 bits per heavy atom. The Balaban J connectivity index is 1.35. The third kappa shape index (κ3) is 6.91. The number of amides is 1. The molecule has 0 bridgehead atoms. The monoisotopic (exact) mass is 500 g/mol. The number of aromatic nitrogens is 1. The fraction of sp³-hybridized carbons (Fsp3) is 0.267. The van der Waals surface area contributed by atoms with Gasteiger partial charge in [0.15, 0.2) is 0 Å². The Kier molecular flexibility index (Phi) is 8.46. The van der Waals surface area contributed by atoms with E-state index in [1.165, 1.54) is 0 Å². The Bertz CT molecular complexity index is 1300. The van der Waals surface area contributed by atoms with E-state index in [1.54, 1.807) is 36.3 Å². The van der Waals surface area contributed by atoms with Crippen molar-refractivity contribution in [3.8, 4) is 28.7 Å². The molecule has 4 aromatic rings. The number of aryl methyl sites for hydroxylation is 1. The number of carbonyl (C=O) groups excluding carboxylic acids is 1. The maximum atomic E-state index is 12.9. The van der Waals surface area contributed by atoms with Gasteiger partial charge in [-0.15, -0.1) is 0 Å². The van der Waals surface area contributed by atoms with Gasteiger partial charge in [0.25, 0.3) is 0 Å². The number of carbonyl (C=O) groups is 1. The molecule has 0 atom stereocenters. The van der Waals surface area contributed by atoms with E-state index in [0.29, 0.717) is 37.0 Å². The van der Waals surface area contributed by atoms with Crippen LogP contribution >= 0.6 is 0 Å². The molecule has 192 valence electrons. The molecule has 0 aliphatic carbocycles. The second kappa shape index (κ2) is 12.1. The van der Waals surface area contributed by atoms with Crippen molar-refractivity contribution in [1.29, 1.82) is 0 Å². The summed E-state index contributed by atoms with van der Waals surface area (Å²) >= 11 is 0. The zero-order valence-electron chi connectivity index (χ0n) is 21.6. The van der Waals surface area contributed by atoms with Crippen LogP contribution in [-0.2, 0) is 13.0 Å². The van der Waals surface area contributed by atoms with Crippen molar-refractivity contribution in [1.82, 2.24) is 9.88 Å². The summed E-state index contributed by atoms with van der Waals surface area (Å²) in [4.78, 5) is 19.2. The van der Waals surface area contributed by atoms with E-state index in [-0.39, 0.29) is 6.04 Å². The third-order valence-corrected chi connectivity index (χ3v) is 5.89. The van der Waals surface area contributed by atoms with Crippen molar-refractivity contribution < 1.29 is 23.4 Å². The van der Waals surface area contributed by atoms with Crippen LogP contribution in [0.25, 0.3) is 11.5 Å². The highest BCUT2D eigenvalue weighted by atomic mass is 16.6. The summed E-state index contributed by atoms with van der Waals surface area (Å²) in [5.74, 6) is 3.30. The molecule has 0 spiro atoms. The summed E-state index contributed by atoms with van der Waals surface area (Å²) in [6, 6.07) is 24.5. The number of ether oxygens (including phenoxy) is 3. The summed E-state index contributed by atoms with van der Waals surface area (Å²) in [6.07, 6.45) is 0.209. The van der Waals surface area contributed by atoms with Crippen molar-refractivity contribution in [2.24, 2.45) is 0 Å². The molecule has 7 heteroatoms. The number of oxazole rings is 1. The van der Waals surface area contributed by atoms with Crippen molar-refractivity contribution in [3.05, 3.63) is 95.9 Å². The van der Waals surface area contributed by atoms with Crippen molar-refractivity contribution in [2.45, 2.75) is 39.8 Å². The van der Waals surface area contributed by atoms with Gasteiger partial charge < -0.3 is 23.5 Å². The summed E-state index contributed by atoms with van der Waals surface area (Å²) in [5, 5.41) is 0. The molecule has 7 nitrogen and oxygen atoms in total. The first-order valence-corrected chi connectivity index (χ1v) is 12.3. The second-order valence-corrected chi connectivity index (χ2v) is 8.90. The van der Waals surface area contributed by atoms with E-state index in [2.05, 4.69) is 4.98 Å². The first kappa shape index (κ1) is 25.8. The van der Waals surface area contributed by atoms with E-state index in [9.17, 15) is 4.79 Å². The van der Waals surface area contributed by atoms with Crippen LogP contribution in [0.2, 0.25) is 0 Å². The van der Waals surface area contributed by atoms with Gasteiger partial charge >= 0.3 is 6.09 Å². The molecule has 3 aromatic carbocycles. The number of nitrogens with zero attached hydrogens (tertiary/aromatic N) is 2. The Labute approximate surface area is 217 Å². The molecule has 37 heavy (non-hydrogen) atoms. The molecule has 0 N–H and O–H groups in total. The average Bonchev–Trinajstić information content (AvgIpc) is 3.28. The molecule has 0 radical (unpaired) electrons. The molecule has 1 amide bonds. The van der Waals surface area contributed by atoms with Gasteiger partial charge in [0.2, 0.25) is 5.89 Å². The van der Waals surface area contributed by atoms with Crippen LogP contribution in [0.5, 0.6) is 17.2 Å². The zero-order chi connectivity index (χ0) is 26.2. The highest BCUT2D eigenvalue weighted by Gasteiger charge is 2.20. The Morgan fingerprint density at radius 3 is 2.38 bits per heavy atom. The number of hydrogen-bond acceptors (Lipinski definition) is 6. The SMILES string of the molecule is COc1ccc(OC(=O)N(Cc2cccc(OCCc3nc(-c4ccccc4)oc3C)c2)C(C)C)cc1. The molecule has 0 saturated carbocycles. The first-order chi connectivity index (χ1) is 17.9. The summed E-state index contributed by atoms with van der Waals surface area (Å²) < 4.78 is 22.6. The highest BCUT2D eigenvalue weighted by Crippen LogP contribution is 2.23. The fourth-order valence-electron chi connectivity index (χ4n) is 3.82. The normalized spacial score (nSPS) is 10.8. The number of methoxy groups -OCH3 is 1. The summed E-state index contributed by atoms with van der Waals surface area (Å²) in [5.41, 5.74) is 2.77. The van der Waals surface area contributed by atoms with Crippen LogP contribution in [0.4, 0.5) is 4.79 Å². The predicted molar refractivity (Wildman–Crippen MR) is 142 cm³/mol. The third-order valence-electron chi connectivity index (χ3n) is 5.89. The Morgan fingerprint density at radius 1 is 0.946 bits per heavy atom. The molecule has 0 saturated heterocycles. The van der Waals surface area contributed by atoms with E-state index >= 15 is 0 Å². The largest absolute Gasteiger partial charge is 0.497 e. The lowest BCUT2D eigenvalue weighted by molar-refractivity contribution is 0.135. The first-order valence-electron chi connectivity index (χ1n) is 12.3. The van der Waals surface area contributed by atoms with Gasteiger partial charge in [-0.2, -0.15) is 0 Å². The lowest BCUT2D eigenvalue weighted by atomic mass is 10.2. The molecule has 4 rings (SSSR count). The number of rotatable bonds is 10. The van der Waals surface area contributed by atoms with Gasteiger partial charge in [0.1, 0.15) is 23.0 Å². The Hall–Kier alpha value is -4.26. The van der Waals surface area contributed by atoms with Gasteiger partial charge in [0.05, 0.1) is 19.4 Å². The smallest absolute Gasteiger partial charge is 0.415 e. The molecule has 0 aliphatic heterocycles. The van der Waals surface area contributed by atoms with E-state index in [0.717, 1.165) is 28.3 Å². The maximum absolute atomic E-state index is 12.9. The highest BCUT2D eigenvalue weighted by molar-refractivity contribution is 5.71. The standard InChI is InChI=1S/C30H32N2O5/c1-21(2)32(30(33)37-26-15-13-25(34-4)14-16-26)20-23-9-8-12-27(19-23)35-18-17-28-22(3)36-29(31-28)24-10-6-5-7-11-24/h5-16,19,21H,17-18,20H2,1-4H3. The molecular formula is C30H32N2O5. The van der Waals surface area contributed by atoms with E-state index in [1.807, 2.05) is 75.4 Å². The average molecular weight is 501 g/mol. The van der Waals surface area contributed by atoms with Crippen molar-refractivity contribution in [3.63, 3.8) is 0 Å². The van der Waals surface area contributed by atoms with Crippen LogP contribution in [0, 0.1) is 6.92 Å². The topological polar surface area (TPSA) is 74.0 Å². The quantitative estimate of drug-likeness (QED) is 0.242. The minimum atomic E-state index is -0.415. The lowest BCUT2D eigenvalue weighted by Crippen LogP contribution is -2.38. The fourth-order valence-corrected chi connectivity index (χ4v) is 3.82. The van der Waals surface area contributed by atoms with Crippen LogP contribution in [0.1, 0.15) is 30.9 Å². The minimum Gasteiger partial charge on any atom is -0.497 e. The molecule has 1 heterocycles. The van der Waals surface area contributed by atoms with Crippen LogP contribution in [0.3, 0.4) is 0 Å². The zero-order valence-corrected chi connectivity index (χ0v) is 21.6. The van der Waals surface area contributed by atoms with Gasteiger partial charge in [0, 0.05) is 24.6 Å². The van der Waals surface area contributed by atoms with Gasteiger partial charge in [-0.25, -0.2) is 9.78 Å². The van der Waals surface area contributed by atoms with Gasteiger partial charge in [-0.05, 0) is 74.9 Å². The molecule has 0 fully saturated rings. The van der Waals surface area contributed by atoms with Crippen molar-refractivity contribution in [2.75, 3.05) is 13.7 Å². The second-order valence-electron chi connectivity index (χ2n) is 8.90. The van der Waals surface area contributed by atoms with E-state index in [4.69, 9.17) is 18.6 Å². The molecule has 0 unspecified atom stereocenters. The predicted octanol–water partition coefficient (Wildman–Crippen LogP) is 6.69. The summed E-state index contributed by atoms with van der Waals surface area (Å²) in [7, 11) is 1.59. The van der Waals surface area contributed by atoms with Gasteiger partial charge in [-0.1, -0.05) is 30.3 Å². The molecule has 0 aliphatic rings. The molecular weight excluding hydrogens is 468 g/mol. The van der Waals surface area contributed by atoms with Crippen molar-refractivity contribution >= 4 is 6.09 Å². The van der Waals surface area contributed by atoms with Crippen LogP contribution in [-0.4, -0.2) is 35.7 Å². The van der Waals surface area contributed by atoms with E-state index < -0.39 is 6.09 Å². The van der Waals surface area contributed by atoms with Gasteiger partial charge in [-0.3, -0.25) is 0 Å². The maximum Gasteiger partial charge on any atom is 0.415 e. The lowest BCUT2D eigenvalue weighted by Gasteiger charge is -2.26. The summed E-state index contributed by atoms with van der Waals surface area (Å²) in [6.45, 7) is 6.69. The minimum absolute atomic E-state index is 0.0516. The van der Waals surface area contributed by atoms with Crippen LogP contribution in [0.15, 0.2) is 83.3 Å². The number of hydrogen-bond donors (Lipinski definition) is 0.